The van der Waals surface area contributed by atoms with Crippen molar-refractivity contribution in [1.29, 1.82) is 0 Å². The molecule has 0 aliphatic rings. The SMILES string of the molecule is C[C@H](CCCC(C)(C)O)N[C@H](C)CCc1ccccc1. The van der Waals surface area contributed by atoms with Gasteiger partial charge in [-0.3, -0.25) is 0 Å². The van der Waals surface area contributed by atoms with Gasteiger partial charge in [-0.1, -0.05) is 30.3 Å². The Labute approximate surface area is 124 Å². The lowest BCUT2D eigenvalue weighted by atomic mass is 9.99. The van der Waals surface area contributed by atoms with Gasteiger partial charge in [-0.25, -0.2) is 0 Å². The summed E-state index contributed by atoms with van der Waals surface area (Å²) in [5.41, 5.74) is 0.884. The average molecular weight is 277 g/mol. The fraction of sp³-hybridized carbons (Fsp3) is 0.667. The van der Waals surface area contributed by atoms with Gasteiger partial charge in [0.05, 0.1) is 5.60 Å². The summed E-state index contributed by atoms with van der Waals surface area (Å²) < 4.78 is 0. The molecule has 1 aromatic rings. The van der Waals surface area contributed by atoms with Crippen LogP contribution in [-0.4, -0.2) is 22.8 Å². The first kappa shape index (κ1) is 17.2. The van der Waals surface area contributed by atoms with E-state index < -0.39 is 5.60 Å². The van der Waals surface area contributed by atoms with E-state index in [0.29, 0.717) is 12.1 Å². The van der Waals surface area contributed by atoms with Crippen molar-refractivity contribution < 1.29 is 5.11 Å². The van der Waals surface area contributed by atoms with Crippen molar-refractivity contribution in [3.8, 4) is 0 Å². The van der Waals surface area contributed by atoms with E-state index >= 15 is 0 Å². The first-order chi connectivity index (χ1) is 9.37. The summed E-state index contributed by atoms with van der Waals surface area (Å²) in [6.07, 6.45) is 5.37. The molecule has 20 heavy (non-hydrogen) atoms. The highest BCUT2D eigenvalue weighted by atomic mass is 16.3. The lowest BCUT2D eigenvalue weighted by Crippen LogP contribution is -2.35. The highest BCUT2D eigenvalue weighted by molar-refractivity contribution is 5.14. The van der Waals surface area contributed by atoms with E-state index in [2.05, 4.69) is 49.5 Å². The number of hydrogen-bond donors (Lipinski definition) is 2. The molecule has 0 spiro atoms. The zero-order chi connectivity index (χ0) is 15.0. The van der Waals surface area contributed by atoms with Crippen molar-refractivity contribution in [3.63, 3.8) is 0 Å². The number of aliphatic hydroxyl groups is 1. The van der Waals surface area contributed by atoms with Gasteiger partial charge in [0.1, 0.15) is 0 Å². The molecular formula is C18H31NO. The Morgan fingerprint density at radius 2 is 1.65 bits per heavy atom. The summed E-state index contributed by atoms with van der Waals surface area (Å²) in [7, 11) is 0. The van der Waals surface area contributed by atoms with Gasteiger partial charge < -0.3 is 10.4 Å². The number of benzene rings is 1. The van der Waals surface area contributed by atoms with E-state index in [-0.39, 0.29) is 0 Å². The van der Waals surface area contributed by atoms with Crippen LogP contribution in [0, 0.1) is 0 Å². The second-order valence-corrected chi connectivity index (χ2v) is 6.70. The van der Waals surface area contributed by atoms with Crippen molar-refractivity contribution in [2.75, 3.05) is 0 Å². The van der Waals surface area contributed by atoms with Crippen LogP contribution in [0.2, 0.25) is 0 Å². The molecule has 2 N–H and O–H groups in total. The Morgan fingerprint density at radius 1 is 1.05 bits per heavy atom. The lowest BCUT2D eigenvalue weighted by Gasteiger charge is -2.22. The minimum Gasteiger partial charge on any atom is -0.390 e. The van der Waals surface area contributed by atoms with Crippen LogP contribution in [0.15, 0.2) is 30.3 Å². The van der Waals surface area contributed by atoms with Gasteiger partial charge in [0, 0.05) is 12.1 Å². The standard InChI is InChI=1S/C18H31NO/c1-15(9-8-14-18(3,4)20)19-16(2)12-13-17-10-6-5-7-11-17/h5-7,10-11,15-16,19-20H,8-9,12-14H2,1-4H3/t15-,16-/m1/s1. The minimum absolute atomic E-state index is 0.517. The van der Waals surface area contributed by atoms with E-state index in [0.717, 1.165) is 25.7 Å². The molecule has 0 fully saturated rings. The van der Waals surface area contributed by atoms with Crippen LogP contribution in [-0.2, 0) is 6.42 Å². The maximum Gasteiger partial charge on any atom is 0.0591 e. The zero-order valence-corrected chi connectivity index (χ0v) is 13.5. The normalized spacial score (nSPS) is 15.1. The molecule has 0 amide bonds. The second-order valence-electron chi connectivity index (χ2n) is 6.70. The molecule has 0 radical (unpaired) electrons. The Morgan fingerprint density at radius 3 is 2.25 bits per heavy atom. The van der Waals surface area contributed by atoms with Gasteiger partial charge >= 0.3 is 0 Å². The van der Waals surface area contributed by atoms with E-state index in [1.54, 1.807) is 0 Å². The van der Waals surface area contributed by atoms with E-state index in [1.807, 2.05) is 13.8 Å². The zero-order valence-electron chi connectivity index (χ0n) is 13.5. The van der Waals surface area contributed by atoms with Gasteiger partial charge in [0.2, 0.25) is 0 Å². The van der Waals surface area contributed by atoms with Gasteiger partial charge in [0.15, 0.2) is 0 Å². The molecule has 0 unspecified atom stereocenters. The highest BCUT2D eigenvalue weighted by Crippen LogP contribution is 2.13. The van der Waals surface area contributed by atoms with Crippen LogP contribution in [0.25, 0.3) is 0 Å². The van der Waals surface area contributed by atoms with Gasteiger partial charge in [-0.15, -0.1) is 0 Å². The molecule has 1 rings (SSSR count). The maximum atomic E-state index is 9.70. The topological polar surface area (TPSA) is 32.3 Å². The molecule has 0 aliphatic heterocycles. The van der Waals surface area contributed by atoms with Crippen LogP contribution < -0.4 is 5.32 Å². The second kappa shape index (κ2) is 8.43. The molecular weight excluding hydrogens is 246 g/mol. The fourth-order valence-corrected chi connectivity index (χ4v) is 2.52. The number of rotatable bonds is 9. The molecule has 0 bridgehead atoms. The molecule has 0 saturated heterocycles. The molecule has 1 aromatic carbocycles. The molecule has 2 heteroatoms. The smallest absolute Gasteiger partial charge is 0.0591 e. The monoisotopic (exact) mass is 277 g/mol. The molecule has 0 aliphatic carbocycles. The first-order valence-corrected chi connectivity index (χ1v) is 7.89. The number of hydrogen-bond acceptors (Lipinski definition) is 2. The Kier molecular flexibility index (Phi) is 7.25. The third-order valence-corrected chi connectivity index (χ3v) is 3.70. The summed E-state index contributed by atoms with van der Waals surface area (Å²) in [5, 5.41) is 13.4. The average Bonchev–Trinajstić information content (AvgIpc) is 2.36. The molecule has 2 nitrogen and oxygen atoms in total. The molecule has 0 heterocycles. The molecule has 114 valence electrons. The predicted octanol–water partition coefficient (Wildman–Crippen LogP) is 3.93. The van der Waals surface area contributed by atoms with E-state index in [9.17, 15) is 5.11 Å². The third kappa shape index (κ3) is 8.34. The first-order valence-electron chi connectivity index (χ1n) is 7.89. The summed E-state index contributed by atoms with van der Waals surface area (Å²) >= 11 is 0. The number of nitrogens with one attached hydrogen (secondary N) is 1. The minimum atomic E-state index is -0.529. The number of aryl methyl sites for hydroxylation is 1. The summed E-state index contributed by atoms with van der Waals surface area (Å²) in [6, 6.07) is 11.7. The Bertz CT molecular complexity index is 355. The fourth-order valence-electron chi connectivity index (χ4n) is 2.52. The maximum absolute atomic E-state index is 9.70. The van der Waals surface area contributed by atoms with E-state index in [4.69, 9.17) is 0 Å². The van der Waals surface area contributed by atoms with Gasteiger partial charge in [-0.2, -0.15) is 0 Å². The summed E-state index contributed by atoms with van der Waals surface area (Å²) in [4.78, 5) is 0. The van der Waals surface area contributed by atoms with Crippen LogP contribution >= 0.6 is 0 Å². The van der Waals surface area contributed by atoms with Crippen molar-refractivity contribution in [1.82, 2.24) is 5.32 Å². The molecule has 0 saturated carbocycles. The van der Waals surface area contributed by atoms with Crippen LogP contribution in [0.4, 0.5) is 0 Å². The molecule has 2 atom stereocenters. The van der Waals surface area contributed by atoms with Crippen molar-refractivity contribution in [3.05, 3.63) is 35.9 Å². The van der Waals surface area contributed by atoms with E-state index in [1.165, 1.54) is 12.0 Å². The summed E-state index contributed by atoms with van der Waals surface area (Å²) in [5.74, 6) is 0. The van der Waals surface area contributed by atoms with Gasteiger partial charge in [-0.05, 0) is 65.4 Å². The van der Waals surface area contributed by atoms with Crippen LogP contribution in [0.5, 0.6) is 0 Å². The lowest BCUT2D eigenvalue weighted by molar-refractivity contribution is 0.0674. The molecule has 0 aromatic heterocycles. The predicted molar refractivity (Wildman–Crippen MR) is 87.0 cm³/mol. The van der Waals surface area contributed by atoms with Crippen LogP contribution in [0.3, 0.4) is 0 Å². The highest BCUT2D eigenvalue weighted by Gasteiger charge is 2.13. The quantitative estimate of drug-likeness (QED) is 0.717. The van der Waals surface area contributed by atoms with Crippen LogP contribution in [0.1, 0.15) is 58.9 Å². The van der Waals surface area contributed by atoms with Crippen molar-refractivity contribution in [2.24, 2.45) is 0 Å². The third-order valence-electron chi connectivity index (χ3n) is 3.70. The Balaban J connectivity index is 2.16. The van der Waals surface area contributed by atoms with Crippen molar-refractivity contribution in [2.45, 2.75) is 77.5 Å². The van der Waals surface area contributed by atoms with Crippen molar-refractivity contribution >= 4 is 0 Å². The largest absolute Gasteiger partial charge is 0.390 e. The Hall–Kier alpha value is -0.860. The van der Waals surface area contributed by atoms with Gasteiger partial charge in [0.25, 0.3) is 0 Å². The summed E-state index contributed by atoms with van der Waals surface area (Å²) in [6.45, 7) is 8.26.